The first-order chi connectivity index (χ1) is 9.59. The molecule has 0 amide bonds. The smallest absolute Gasteiger partial charge is 0.243 e. The number of nitriles is 1. The van der Waals surface area contributed by atoms with Crippen molar-refractivity contribution in [2.24, 2.45) is 0 Å². The van der Waals surface area contributed by atoms with E-state index < -0.39 is 10.0 Å². The predicted molar refractivity (Wildman–Crippen MR) is 76.6 cm³/mol. The molecule has 1 aromatic carbocycles. The minimum Gasteiger partial charge on any atom is -0.315 e. The summed E-state index contributed by atoms with van der Waals surface area (Å²) in [4.78, 5) is 0.299. The number of rotatable bonds is 5. The maximum Gasteiger partial charge on any atom is 0.243 e. The van der Waals surface area contributed by atoms with Crippen LogP contribution >= 0.6 is 0 Å². The Morgan fingerprint density at radius 2 is 2.10 bits per heavy atom. The van der Waals surface area contributed by atoms with Gasteiger partial charge in [-0.1, -0.05) is 19.1 Å². The van der Waals surface area contributed by atoms with Crippen molar-refractivity contribution < 1.29 is 8.42 Å². The van der Waals surface area contributed by atoms with Crippen molar-refractivity contribution in [3.63, 3.8) is 0 Å². The van der Waals surface area contributed by atoms with Crippen LogP contribution < -0.4 is 5.32 Å². The molecule has 0 aliphatic carbocycles. The molecule has 1 heterocycles. The van der Waals surface area contributed by atoms with Gasteiger partial charge in [0.05, 0.1) is 17.4 Å². The lowest BCUT2D eigenvalue weighted by Crippen LogP contribution is -2.41. The van der Waals surface area contributed by atoms with Crippen LogP contribution in [0.3, 0.4) is 0 Å². The Morgan fingerprint density at radius 3 is 2.60 bits per heavy atom. The molecule has 0 bridgehead atoms. The number of benzene rings is 1. The van der Waals surface area contributed by atoms with Crippen molar-refractivity contribution in [1.29, 1.82) is 5.26 Å². The molecule has 20 heavy (non-hydrogen) atoms. The first-order valence-electron chi connectivity index (χ1n) is 6.78. The molecule has 1 unspecified atom stereocenters. The number of likely N-dealkylation sites (N-methyl/N-ethyl adjacent to an activating group) is 1. The molecule has 5 nitrogen and oxygen atoms in total. The summed E-state index contributed by atoms with van der Waals surface area (Å²) < 4.78 is 26.9. The Morgan fingerprint density at radius 1 is 1.40 bits per heavy atom. The van der Waals surface area contributed by atoms with Gasteiger partial charge in [0.2, 0.25) is 10.0 Å². The first-order valence-corrected chi connectivity index (χ1v) is 8.22. The molecule has 2 rings (SSSR count). The lowest BCUT2D eigenvalue weighted by molar-refractivity contribution is 0.349. The van der Waals surface area contributed by atoms with Crippen molar-refractivity contribution in [3.8, 4) is 6.07 Å². The second kappa shape index (κ2) is 6.35. The highest BCUT2D eigenvalue weighted by Gasteiger charge is 2.31. The van der Waals surface area contributed by atoms with Crippen LogP contribution in [-0.4, -0.2) is 38.4 Å². The van der Waals surface area contributed by atoms with Crippen molar-refractivity contribution in [2.75, 3.05) is 19.6 Å². The van der Waals surface area contributed by atoms with Crippen molar-refractivity contribution in [2.45, 2.75) is 30.7 Å². The predicted octanol–water partition coefficient (Wildman–Crippen LogP) is 1.13. The lowest BCUT2D eigenvalue weighted by atomic mass is 10.2. The molecule has 1 saturated heterocycles. The summed E-state index contributed by atoms with van der Waals surface area (Å²) in [5, 5.41) is 11.8. The maximum atomic E-state index is 12.7. The molecule has 0 saturated carbocycles. The third-order valence-electron chi connectivity index (χ3n) is 3.57. The third kappa shape index (κ3) is 3.01. The maximum absolute atomic E-state index is 12.7. The largest absolute Gasteiger partial charge is 0.315 e. The second-order valence-electron chi connectivity index (χ2n) is 4.83. The Kier molecular flexibility index (Phi) is 4.76. The summed E-state index contributed by atoms with van der Waals surface area (Å²) in [5.41, 5.74) is 0.831. The summed E-state index contributed by atoms with van der Waals surface area (Å²) in [6.45, 7) is 3.89. The van der Waals surface area contributed by atoms with Gasteiger partial charge in [0.1, 0.15) is 0 Å². The van der Waals surface area contributed by atoms with Gasteiger partial charge >= 0.3 is 0 Å². The van der Waals surface area contributed by atoms with Crippen LogP contribution in [0.1, 0.15) is 18.9 Å². The second-order valence-corrected chi connectivity index (χ2v) is 6.72. The Hall–Kier alpha value is -1.42. The molecule has 108 valence electrons. The van der Waals surface area contributed by atoms with Crippen LogP contribution in [0, 0.1) is 11.3 Å². The van der Waals surface area contributed by atoms with E-state index in [4.69, 9.17) is 5.26 Å². The monoisotopic (exact) mass is 293 g/mol. The van der Waals surface area contributed by atoms with E-state index >= 15 is 0 Å². The highest BCUT2D eigenvalue weighted by molar-refractivity contribution is 7.89. The number of nitrogens with one attached hydrogen (secondary N) is 1. The van der Waals surface area contributed by atoms with Crippen LogP contribution in [0.25, 0.3) is 0 Å². The summed E-state index contributed by atoms with van der Waals surface area (Å²) in [5.74, 6) is 0. The number of hydrogen-bond acceptors (Lipinski definition) is 4. The fourth-order valence-corrected chi connectivity index (χ4v) is 4.18. The van der Waals surface area contributed by atoms with E-state index in [0.717, 1.165) is 18.5 Å². The van der Waals surface area contributed by atoms with Crippen LogP contribution in [0.5, 0.6) is 0 Å². The molecule has 0 aromatic heterocycles. The SMILES string of the molecule is CCN(C1CCNC1)S(=O)(=O)c1ccc(CC#N)cc1. The van der Waals surface area contributed by atoms with Crippen LogP contribution in [0.2, 0.25) is 0 Å². The van der Waals surface area contributed by atoms with Crippen molar-refractivity contribution >= 4 is 10.0 Å². The molecule has 1 aliphatic rings. The van der Waals surface area contributed by atoms with Gasteiger partial charge in [0.25, 0.3) is 0 Å². The summed E-state index contributed by atoms with van der Waals surface area (Å²) in [6.07, 6.45) is 1.14. The van der Waals surface area contributed by atoms with E-state index in [-0.39, 0.29) is 6.04 Å². The molecular weight excluding hydrogens is 274 g/mol. The minimum atomic E-state index is -3.46. The molecule has 1 fully saturated rings. The molecule has 1 atom stereocenters. The number of nitrogens with zero attached hydrogens (tertiary/aromatic N) is 2. The van der Waals surface area contributed by atoms with Crippen molar-refractivity contribution in [3.05, 3.63) is 29.8 Å². The average molecular weight is 293 g/mol. The van der Waals surface area contributed by atoms with Gasteiger partial charge in [-0.2, -0.15) is 9.57 Å². The third-order valence-corrected chi connectivity index (χ3v) is 5.61. The Labute approximate surface area is 120 Å². The highest BCUT2D eigenvalue weighted by Crippen LogP contribution is 2.21. The number of sulfonamides is 1. The van der Waals surface area contributed by atoms with Gasteiger partial charge in [0, 0.05) is 19.1 Å². The van der Waals surface area contributed by atoms with Gasteiger partial charge in [-0.25, -0.2) is 8.42 Å². The zero-order chi connectivity index (χ0) is 14.6. The van der Waals surface area contributed by atoms with Gasteiger partial charge in [-0.05, 0) is 30.7 Å². The highest BCUT2D eigenvalue weighted by atomic mass is 32.2. The summed E-state index contributed by atoms with van der Waals surface area (Å²) in [6, 6.07) is 8.68. The van der Waals surface area contributed by atoms with E-state index in [2.05, 4.69) is 11.4 Å². The van der Waals surface area contributed by atoms with Crippen LogP contribution in [0.4, 0.5) is 0 Å². The molecular formula is C14H19N3O2S. The van der Waals surface area contributed by atoms with E-state index in [1.54, 1.807) is 28.6 Å². The molecule has 1 N–H and O–H groups in total. The molecule has 0 spiro atoms. The van der Waals surface area contributed by atoms with Gasteiger partial charge in [-0.3, -0.25) is 0 Å². The zero-order valence-corrected chi connectivity index (χ0v) is 12.4. The minimum absolute atomic E-state index is 0.0313. The van der Waals surface area contributed by atoms with Crippen molar-refractivity contribution in [1.82, 2.24) is 9.62 Å². The topological polar surface area (TPSA) is 73.2 Å². The molecule has 1 aromatic rings. The van der Waals surface area contributed by atoms with Crippen LogP contribution in [-0.2, 0) is 16.4 Å². The standard InChI is InChI=1S/C14H19N3O2S/c1-2-17(13-8-10-16-11-13)20(18,19)14-5-3-12(4-6-14)7-9-15/h3-6,13,16H,2,7-8,10-11H2,1H3. The fourth-order valence-electron chi connectivity index (χ4n) is 2.52. The summed E-state index contributed by atoms with van der Waals surface area (Å²) in [7, 11) is -3.46. The van der Waals surface area contributed by atoms with Gasteiger partial charge in [0.15, 0.2) is 0 Å². The fraction of sp³-hybridized carbons (Fsp3) is 0.500. The van der Waals surface area contributed by atoms with E-state index in [9.17, 15) is 8.42 Å². The first kappa shape index (κ1) is 15.0. The Balaban J connectivity index is 2.26. The summed E-state index contributed by atoms with van der Waals surface area (Å²) >= 11 is 0. The quantitative estimate of drug-likeness (QED) is 0.883. The lowest BCUT2D eigenvalue weighted by Gasteiger charge is -2.26. The van der Waals surface area contributed by atoms with E-state index in [1.807, 2.05) is 6.92 Å². The van der Waals surface area contributed by atoms with Crippen LogP contribution in [0.15, 0.2) is 29.2 Å². The number of hydrogen-bond donors (Lipinski definition) is 1. The van der Waals surface area contributed by atoms with Gasteiger partial charge < -0.3 is 5.32 Å². The molecule has 6 heteroatoms. The zero-order valence-electron chi connectivity index (χ0n) is 11.5. The molecule has 1 aliphatic heterocycles. The normalized spacial score (nSPS) is 19.1. The Bertz CT molecular complexity index is 584. The van der Waals surface area contributed by atoms with E-state index in [0.29, 0.717) is 24.4 Å². The van der Waals surface area contributed by atoms with Gasteiger partial charge in [-0.15, -0.1) is 0 Å². The van der Waals surface area contributed by atoms with E-state index in [1.165, 1.54) is 0 Å². The average Bonchev–Trinajstić information content (AvgIpc) is 2.94. The molecule has 0 radical (unpaired) electrons.